The molecule has 0 bridgehead atoms. The van der Waals surface area contributed by atoms with Crippen molar-refractivity contribution >= 4 is 0 Å². The first kappa shape index (κ1) is 11.0. The average molecular weight is 196 g/mol. The lowest BCUT2D eigenvalue weighted by Crippen LogP contribution is -1.96. The Morgan fingerprint density at radius 2 is 2.07 bits per heavy atom. The second-order valence-corrected chi connectivity index (χ2v) is 3.38. The number of methoxy groups -OCH3 is 1. The van der Waals surface area contributed by atoms with Gasteiger partial charge in [0.15, 0.2) is 0 Å². The number of hydrogen-bond donors (Lipinski definition) is 0. The van der Waals surface area contributed by atoms with Crippen LogP contribution in [-0.4, -0.2) is 7.11 Å². The third kappa shape index (κ3) is 2.72. The van der Waals surface area contributed by atoms with E-state index in [9.17, 15) is 4.39 Å². The third-order valence-corrected chi connectivity index (χ3v) is 2.33. The first-order valence-electron chi connectivity index (χ1n) is 5.11. The fourth-order valence-corrected chi connectivity index (χ4v) is 1.52. The van der Waals surface area contributed by atoms with Crippen LogP contribution < -0.4 is 4.74 Å². The molecule has 0 radical (unpaired) electrons. The van der Waals surface area contributed by atoms with Gasteiger partial charge >= 0.3 is 0 Å². The minimum absolute atomic E-state index is 0.152. The highest BCUT2D eigenvalue weighted by Crippen LogP contribution is 2.23. The van der Waals surface area contributed by atoms with E-state index in [1.54, 1.807) is 13.2 Å². The van der Waals surface area contributed by atoms with Gasteiger partial charge in [-0.3, -0.25) is 0 Å². The van der Waals surface area contributed by atoms with Gasteiger partial charge in [-0.15, -0.1) is 0 Å². The fraction of sp³-hybridized carbons (Fsp3) is 0.500. The van der Waals surface area contributed by atoms with E-state index in [4.69, 9.17) is 4.74 Å². The molecule has 0 aliphatic carbocycles. The summed E-state index contributed by atoms with van der Waals surface area (Å²) in [6, 6.07) is 4.98. The summed E-state index contributed by atoms with van der Waals surface area (Å²) in [7, 11) is 1.58. The van der Waals surface area contributed by atoms with Crippen LogP contribution in [0, 0.1) is 5.82 Å². The zero-order valence-corrected chi connectivity index (χ0v) is 8.85. The molecule has 1 nitrogen and oxygen atoms in total. The van der Waals surface area contributed by atoms with Crippen molar-refractivity contribution in [2.24, 2.45) is 0 Å². The maximum Gasteiger partial charge on any atom is 0.130 e. The minimum Gasteiger partial charge on any atom is -0.496 e. The van der Waals surface area contributed by atoms with Crippen molar-refractivity contribution in [3.63, 3.8) is 0 Å². The van der Waals surface area contributed by atoms with E-state index in [1.807, 2.05) is 6.07 Å². The van der Waals surface area contributed by atoms with E-state index in [0.717, 1.165) is 25.7 Å². The topological polar surface area (TPSA) is 9.23 Å². The van der Waals surface area contributed by atoms with Crippen molar-refractivity contribution in [3.8, 4) is 5.75 Å². The van der Waals surface area contributed by atoms with Gasteiger partial charge < -0.3 is 4.74 Å². The van der Waals surface area contributed by atoms with Gasteiger partial charge in [-0.2, -0.15) is 0 Å². The lowest BCUT2D eigenvalue weighted by Gasteiger charge is -2.08. The minimum atomic E-state index is -0.152. The molecule has 78 valence electrons. The summed E-state index contributed by atoms with van der Waals surface area (Å²) >= 11 is 0. The lowest BCUT2D eigenvalue weighted by molar-refractivity contribution is 0.403. The zero-order valence-electron chi connectivity index (χ0n) is 8.85. The van der Waals surface area contributed by atoms with E-state index in [-0.39, 0.29) is 5.82 Å². The smallest absolute Gasteiger partial charge is 0.130 e. The molecular weight excluding hydrogens is 179 g/mol. The summed E-state index contributed by atoms with van der Waals surface area (Å²) in [5.41, 5.74) is 0.712. The van der Waals surface area contributed by atoms with Crippen LogP contribution in [0.1, 0.15) is 31.7 Å². The van der Waals surface area contributed by atoms with E-state index >= 15 is 0 Å². The normalized spacial score (nSPS) is 10.2. The number of hydrogen-bond acceptors (Lipinski definition) is 1. The SMILES string of the molecule is CCCCCc1c(F)cccc1OC. The first-order valence-corrected chi connectivity index (χ1v) is 5.11. The van der Waals surface area contributed by atoms with Gasteiger partial charge in [0, 0.05) is 5.56 Å². The average Bonchev–Trinajstić information content (AvgIpc) is 2.20. The number of halogens is 1. The number of unbranched alkanes of at least 4 members (excludes halogenated alkanes) is 2. The summed E-state index contributed by atoms with van der Waals surface area (Å²) in [5, 5.41) is 0. The van der Waals surface area contributed by atoms with E-state index in [0.29, 0.717) is 11.3 Å². The molecule has 0 unspecified atom stereocenters. The second-order valence-electron chi connectivity index (χ2n) is 3.38. The van der Waals surface area contributed by atoms with Gasteiger partial charge in [0.05, 0.1) is 7.11 Å². The predicted octanol–water partition coefficient (Wildman–Crippen LogP) is 3.57. The Labute approximate surface area is 84.9 Å². The Hall–Kier alpha value is -1.05. The molecule has 0 atom stereocenters. The van der Waals surface area contributed by atoms with Gasteiger partial charge in [-0.1, -0.05) is 25.8 Å². The maximum atomic E-state index is 13.4. The highest BCUT2D eigenvalue weighted by Gasteiger charge is 2.07. The van der Waals surface area contributed by atoms with Crippen LogP contribution in [0.25, 0.3) is 0 Å². The summed E-state index contributed by atoms with van der Waals surface area (Å²) in [5.74, 6) is 0.515. The predicted molar refractivity (Wildman–Crippen MR) is 56.2 cm³/mol. The van der Waals surface area contributed by atoms with Crippen LogP contribution >= 0.6 is 0 Å². The van der Waals surface area contributed by atoms with Crippen molar-refractivity contribution in [1.82, 2.24) is 0 Å². The monoisotopic (exact) mass is 196 g/mol. The van der Waals surface area contributed by atoms with Crippen LogP contribution in [0.4, 0.5) is 4.39 Å². The van der Waals surface area contributed by atoms with Crippen molar-refractivity contribution in [2.45, 2.75) is 32.6 Å². The van der Waals surface area contributed by atoms with Gasteiger partial charge in [0.2, 0.25) is 0 Å². The molecule has 1 aromatic rings. The first-order chi connectivity index (χ1) is 6.79. The quantitative estimate of drug-likeness (QED) is 0.654. The molecule has 0 spiro atoms. The van der Waals surface area contributed by atoms with Crippen LogP contribution in [0.5, 0.6) is 5.75 Å². The second kappa shape index (κ2) is 5.63. The van der Waals surface area contributed by atoms with Gasteiger partial charge in [-0.05, 0) is 25.0 Å². The molecular formula is C12H17FO. The standard InChI is InChI=1S/C12H17FO/c1-3-4-5-7-10-11(13)8-6-9-12(10)14-2/h6,8-9H,3-5,7H2,1-2H3. The zero-order chi connectivity index (χ0) is 10.4. The highest BCUT2D eigenvalue weighted by atomic mass is 19.1. The summed E-state index contributed by atoms with van der Waals surface area (Å²) in [6.45, 7) is 2.14. The van der Waals surface area contributed by atoms with Gasteiger partial charge in [0.25, 0.3) is 0 Å². The molecule has 0 fully saturated rings. The maximum absolute atomic E-state index is 13.4. The molecule has 0 N–H and O–H groups in total. The molecule has 1 rings (SSSR count). The molecule has 2 heteroatoms. The van der Waals surface area contributed by atoms with Gasteiger partial charge in [-0.25, -0.2) is 4.39 Å². The van der Waals surface area contributed by atoms with Crippen LogP contribution in [0.3, 0.4) is 0 Å². The Bertz CT molecular complexity index is 284. The van der Waals surface area contributed by atoms with E-state index in [2.05, 4.69) is 6.92 Å². The Kier molecular flexibility index (Phi) is 4.44. The largest absolute Gasteiger partial charge is 0.496 e. The number of ether oxygens (including phenoxy) is 1. The van der Waals surface area contributed by atoms with Crippen molar-refractivity contribution < 1.29 is 9.13 Å². The summed E-state index contributed by atoms with van der Waals surface area (Å²) in [4.78, 5) is 0. The summed E-state index contributed by atoms with van der Waals surface area (Å²) < 4.78 is 18.5. The molecule has 0 aliphatic heterocycles. The molecule has 0 heterocycles. The van der Waals surface area contributed by atoms with E-state index in [1.165, 1.54) is 6.07 Å². The van der Waals surface area contributed by atoms with Crippen molar-refractivity contribution in [3.05, 3.63) is 29.6 Å². The number of benzene rings is 1. The van der Waals surface area contributed by atoms with Crippen molar-refractivity contribution in [1.29, 1.82) is 0 Å². The van der Waals surface area contributed by atoms with Crippen LogP contribution in [0.15, 0.2) is 18.2 Å². The Balaban J connectivity index is 2.72. The lowest BCUT2D eigenvalue weighted by atomic mass is 10.1. The third-order valence-electron chi connectivity index (χ3n) is 2.33. The molecule has 0 amide bonds. The summed E-state index contributed by atoms with van der Waals surface area (Å²) in [6.07, 6.45) is 4.08. The molecule has 0 aromatic heterocycles. The Morgan fingerprint density at radius 1 is 1.29 bits per heavy atom. The molecule has 0 saturated heterocycles. The molecule has 14 heavy (non-hydrogen) atoms. The van der Waals surface area contributed by atoms with Crippen molar-refractivity contribution in [2.75, 3.05) is 7.11 Å². The van der Waals surface area contributed by atoms with Crippen LogP contribution in [0.2, 0.25) is 0 Å². The van der Waals surface area contributed by atoms with E-state index < -0.39 is 0 Å². The molecule has 0 aliphatic rings. The highest BCUT2D eigenvalue weighted by molar-refractivity contribution is 5.34. The molecule has 0 saturated carbocycles. The Morgan fingerprint density at radius 3 is 2.71 bits per heavy atom. The fourth-order valence-electron chi connectivity index (χ4n) is 1.52. The number of rotatable bonds is 5. The van der Waals surface area contributed by atoms with Crippen LogP contribution in [-0.2, 0) is 6.42 Å². The molecule has 1 aromatic carbocycles. The van der Waals surface area contributed by atoms with Gasteiger partial charge in [0.1, 0.15) is 11.6 Å².